The highest BCUT2D eigenvalue weighted by molar-refractivity contribution is 7.98. The quantitative estimate of drug-likeness (QED) is 0.681. The minimum Gasteiger partial charge on any atom is -0.187 e. The summed E-state index contributed by atoms with van der Waals surface area (Å²) in [6.07, 6.45) is 0. The highest BCUT2D eigenvalue weighted by Crippen LogP contribution is 2.28. The Labute approximate surface area is 134 Å². The van der Waals surface area contributed by atoms with E-state index in [1.807, 2.05) is 32.0 Å². The molecule has 0 saturated carbocycles. The van der Waals surface area contributed by atoms with Gasteiger partial charge in [0.05, 0.1) is 5.69 Å². The Kier molecular flexibility index (Phi) is 4.18. The molecule has 108 valence electrons. The van der Waals surface area contributed by atoms with Crippen LogP contribution < -0.4 is 0 Å². The summed E-state index contributed by atoms with van der Waals surface area (Å²) in [5.41, 5.74) is 4.00. The molecule has 0 radical (unpaired) electrons. The molecule has 9 heteroatoms. The Morgan fingerprint density at radius 2 is 2.00 bits per heavy atom. The summed E-state index contributed by atoms with van der Waals surface area (Å²) in [5.74, 6) is 0.584. The molecule has 0 N–H and O–H groups in total. The van der Waals surface area contributed by atoms with Gasteiger partial charge in [0.25, 0.3) is 0 Å². The average molecular weight is 339 g/mol. The number of benzene rings is 1. The maximum absolute atomic E-state index is 6.01. The smallest absolute Gasteiger partial charge is 0.187 e. The summed E-state index contributed by atoms with van der Waals surface area (Å²) in [7, 11) is 0. The number of hydrogen-bond acceptors (Lipinski definition) is 7. The molecule has 0 aliphatic carbocycles. The maximum atomic E-state index is 6.01. The molecule has 0 unspecified atom stereocenters. The van der Waals surface area contributed by atoms with Gasteiger partial charge in [0.15, 0.2) is 0 Å². The second-order valence-electron chi connectivity index (χ2n) is 4.40. The third-order valence-corrected chi connectivity index (χ3v) is 4.85. The molecule has 0 aliphatic heterocycles. The van der Waals surface area contributed by atoms with Crippen LogP contribution >= 0.6 is 34.9 Å². The van der Waals surface area contributed by atoms with Crippen LogP contribution in [0.5, 0.6) is 0 Å². The van der Waals surface area contributed by atoms with Crippen molar-refractivity contribution in [2.75, 3.05) is 0 Å². The Bertz CT molecular complexity index is 748. The summed E-state index contributed by atoms with van der Waals surface area (Å²) in [4.78, 5) is 0. The van der Waals surface area contributed by atoms with Crippen molar-refractivity contribution in [1.29, 1.82) is 0 Å². The number of aryl methyl sites for hydroxylation is 2. The van der Waals surface area contributed by atoms with E-state index in [0.29, 0.717) is 15.2 Å². The van der Waals surface area contributed by atoms with Crippen LogP contribution in [0.4, 0.5) is 0 Å². The lowest BCUT2D eigenvalue weighted by molar-refractivity contribution is 0.747. The second kappa shape index (κ2) is 6.08. The van der Waals surface area contributed by atoms with Crippen LogP contribution in [0.1, 0.15) is 16.8 Å². The predicted octanol–water partition coefficient (Wildman–Crippen LogP) is 3.08. The lowest BCUT2D eigenvalue weighted by Crippen LogP contribution is -2.04. The topological polar surface area (TPSA) is 69.4 Å². The molecule has 21 heavy (non-hydrogen) atoms. The number of hydrogen-bond donors (Lipinski definition) is 0. The molecule has 1 aromatic carbocycles. The molecule has 0 bridgehead atoms. The molecule has 3 aromatic rings. The van der Waals surface area contributed by atoms with E-state index in [1.165, 1.54) is 23.3 Å². The van der Waals surface area contributed by atoms with E-state index in [1.54, 1.807) is 4.68 Å². The number of aromatic nitrogens is 6. The minimum absolute atomic E-state index is 0.584. The normalized spacial score (nSPS) is 11.0. The lowest BCUT2D eigenvalue weighted by Gasteiger charge is -2.10. The number of tetrazole rings is 1. The van der Waals surface area contributed by atoms with Gasteiger partial charge in [-0.2, -0.15) is 4.68 Å². The Morgan fingerprint density at radius 1 is 1.24 bits per heavy atom. The van der Waals surface area contributed by atoms with Crippen LogP contribution in [0.2, 0.25) is 4.34 Å². The monoisotopic (exact) mass is 338 g/mol. The van der Waals surface area contributed by atoms with Crippen LogP contribution in [0.25, 0.3) is 5.69 Å². The van der Waals surface area contributed by atoms with Crippen molar-refractivity contribution in [3.05, 3.63) is 39.4 Å². The number of para-hydroxylation sites is 1. The largest absolute Gasteiger partial charge is 0.214 e. The van der Waals surface area contributed by atoms with E-state index >= 15 is 0 Å². The van der Waals surface area contributed by atoms with Crippen LogP contribution in [0.15, 0.2) is 23.4 Å². The van der Waals surface area contributed by atoms with Crippen molar-refractivity contribution < 1.29 is 0 Å². The Hall–Kier alpha value is -1.51. The maximum Gasteiger partial charge on any atom is 0.214 e. The fourth-order valence-electron chi connectivity index (χ4n) is 1.97. The van der Waals surface area contributed by atoms with Crippen LogP contribution in [0, 0.1) is 13.8 Å². The van der Waals surface area contributed by atoms with Gasteiger partial charge in [-0.05, 0) is 35.4 Å². The van der Waals surface area contributed by atoms with Crippen molar-refractivity contribution in [2.24, 2.45) is 0 Å². The van der Waals surface area contributed by atoms with Gasteiger partial charge >= 0.3 is 0 Å². The van der Waals surface area contributed by atoms with E-state index in [-0.39, 0.29) is 0 Å². The van der Waals surface area contributed by atoms with Gasteiger partial charge in [0.1, 0.15) is 10.0 Å². The lowest BCUT2D eigenvalue weighted by atomic mass is 10.1. The molecule has 2 aromatic heterocycles. The number of rotatable bonds is 4. The predicted molar refractivity (Wildman–Crippen MR) is 83.1 cm³/mol. The van der Waals surface area contributed by atoms with E-state index in [2.05, 4.69) is 25.1 Å². The minimum atomic E-state index is 0.584. The zero-order valence-electron chi connectivity index (χ0n) is 11.3. The van der Waals surface area contributed by atoms with Crippen molar-refractivity contribution >= 4 is 34.9 Å². The number of nitrogens with zero attached hydrogens (tertiary/aromatic N) is 6. The van der Waals surface area contributed by atoms with Gasteiger partial charge < -0.3 is 0 Å². The summed E-state index contributed by atoms with van der Waals surface area (Å²) in [5, 5.41) is 16.7. The molecule has 2 heterocycles. The fourth-order valence-corrected chi connectivity index (χ4v) is 3.57. The molecule has 0 fully saturated rings. The van der Waals surface area contributed by atoms with Gasteiger partial charge in [-0.25, -0.2) is 0 Å². The fraction of sp³-hybridized carbons (Fsp3) is 0.250. The van der Waals surface area contributed by atoms with Crippen LogP contribution in [-0.2, 0) is 5.75 Å². The molecule has 0 aliphatic rings. The number of halogens is 1. The standard InChI is InChI=1S/C12H11ClN6S2/c1-7-4-3-5-8(2)10(7)19-12(15-16-17-19)20-6-9-11(13)21-18-14-9/h3-5H,6H2,1-2H3. The van der Waals surface area contributed by atoms with Crippen molar-refractivity contribution in [3.63, 3.8) is 0 Å². The zero-order chi connectivity index (χ0) is 14.8. The summed E-state index contributed by atoms with van der Waals surface area (Å²) in [6, 6.07) is 6.10. The van der Waals surface area contributed by atoms with Crippen molar-refractivity contribution in [2.45, 2.75) is 24.8 Å². The van der Waals surface area contributed by atoms with Crippen molar-refractivity contribution in [3.8, 4) is 5.69 Å². The molecule has 0 spiro atoms. The van der Waals surface area contributed by atoms with E-state index in [9.17, 15) is 0 Å². The first kappa shape index (κ1) is 14.4. The highest BCUT2D eigenvalue weighted by Gasteiger charge is 2.15. The van der Waals surface area contributed by atoms with E-state index < -0.39 is 0 Å². The Morgan fingerprint density at radius 3 is 2.67 bits per heavy atom. The molecule has 0 atom stereocenters. The van der Waals surface area contributed by atoms with Crippen LogP contribution in [-0.4, -0.2) is 29.8 Å². The van der Waals surface area contributed by atoms with Gasteiger partial charge in [-0.1, -0.05) is 46.1 Å². The first-order valence-electron chi connectivity index (χ1n) is 6.11. The summed E-state index contributed by atoms with van der Waals surface area (Å²) >= 11 is 8.67. The average Bonchev–Trinajstić information content (AvgIpc) is 3.06. The third-order valence-electron chi connectivity index (χ3n) is 2.94. The molecule has 3 rings (SSSR count). The van der Waals surface area contributed by atoms with E-state index in [0.717, 1.165) is 22.5 Å². The van der Waals surface area contributed by atoms with Crippen LogP contribution in [0.3, 0.4) is 0 Å². The first-order chi connectivity index (χ1) is 10.2. The molecule has 6 nitrogen and oxygen atoms in total. The van der Waals surface area contributed by atoms with Gasteiger partial charge in [0, 0.05) is 17.3 Å². The Balaban J connectivity index is 1.89. The third kappa shape index (κ3) is 2.92. The van der Waals surface area contributed by atoms with Gasteiger partial charge in [-0.3, -0.25) is 0 Å². The molecular weight excluding hydrogens is 328 g/mol. The molecule has 0 amide bonds. The van der Waals surface area contributed by atoms with Gasteiger partial charge in [-0.15, -0.1) is 10.2 Å². The van der Waals surface area contributed by atoms with Crippen molar-refractivity contribution in [1.82, 2.24) is 29.8 Å². The van der Waals surface area contributed by atoms with E-state index in [4.69, 9.17) is 11.6 Å². The van der Waals surface area contributed by atoms with Gasteiger partial charge in [0.2, 0.25) is 5.16 Å². The molecular formula is C12H11ClN6S2. The number of thioether (sulfide) groups is 1. The first-order valence-corrected chi connectivity index (χ1v) is 8.25. The SMILES string of the molecule is Cc1cccc(C)c1-n1nnnc1SCc1nnsc1Cl. The summed E-state index contributed by atoms with van der Waals surface area (Å²) < 4.78 is 6.18. The zero-order valence-corrected chi connectivity index (χ0v) is 13.7. The second-order valence-corrected chi connectivity index (χ2v) is 6.69. The highest BCUT2D eigenvalue weighted by atomic mass is 35.5. The summed E-state index contributed by atoms with van der Waals surface area (Å²) in [6.45, 7) is 4.08. The molecule has 0 saturated heterocycles.